The first kappa shape index (κ1) is 17.3. The number of aliphatic hydroxyl groups is 1. The van der Waals surface area contributed by atoms with Crippen LogP contribution in [0.1, 0.15) is 52.0 Å². The number of nitrogens with zero attached hydrogens (tertiary/aromatic N) is 2. The van der Waals surface area contributed by atoms with Crippen molar-refractivity contribution >= 4 is 16.9 Å². The third kappa shape index (κ3) is 2.94. The minimum atomic E-state index is -0.925. The highest BCUT2D eigenvalue weighted by atomic mass is 16.6. The van der Waals surface area contributed by atoms with E-state index >= 15 is 0 Å². The summed E-state index contributed by atoms with van der Waals surface area (Å²) in [4.78, 5) is 18.7. The van der Waals surface area contributed by atoms with E-state index in [-0.39, 0.29) is 18.2 Å². The van der Waals surface area contributed by atoms with Gasteiger partial charge in [0.25, 0.3) is 0 Å². The Morgan fingerprint density at radius 1 is 1.23 bits per heavy atom. The van der Waals surface area contributed by atoms with E-state index in [2.05, 4.69) is 4.98 Å². The number of ether oxygens (including phenoxy) is 1. The fraction of sp³-hybridized carbons (Fsp3) is 0.524. The van der Waals surface area contributed by atoms with Gasteiger partial charge in [-0.25, -0.2) is 4.79 Å². The molecule has 1 aromatic heterocycles. The Hall–Kier alpha value is -2.14. The normalized spacial score (nSPS) is 28.4. The molecule has 2 aromatic rings. The molecule has 138 valence electrons. The number of rotatable bonds is 1. The summed E-state index contributed by atoms with van der Waals surface area (Å²) in [7, 11) is 0. The maximum atomic E-state index is 12.6. The number of aromatic nitrogens is 1. The first-order chi connectivity index (χ1) is 12.3. The maximum Gasteiger partial charge on any atom is 0.410 e. The average Bonchev–Trinajstić information content (AvgIpc) is 2.85. The molecule has 2 aliphatic rings. The second-order valence-electron chi connectivity index (χ2n) is 8.61. The third-order valence-corrected chi connectivity index (χ3v) is 5.55. The highest BCUT2D eigenvalue weighted by Crippen LogP contribution is 2.47. The summed E-state index contributed by atoms with van der Waals surface area (Å²) < 4.78 is 5.60. The summed E-state index contributed by atoms with van der Waals surface area (Å²) in [5.74, 6) is 0. The van der Waals surface area contributed by atoms with E-state index < -0.39 is 11.2 Å². The molecular formula is C21H26N2O3. The Labute approximate surface area is 154 Å². The van der Waals surface area contributed by atoms with Gasteiger partial charge in [0.15, 0.2) is 0 Å². The third-order valence-electron chi connectivity index (χ3n) is 5.55. The van der Waals surface area contributed by atoms with Crippen LogP contribution < -0.4 is 0 Å². The molecule has 0 saturated carbocycles. The van der Waals surface area contributed by atoms with Gasteiger partial charge in [-0.2, -0.15) is 0 Å². The Morgan fingerprint density at radius 3 is 2.58 bits per heavy atom. The van der Waals surface area contributed by atoms with E-state index in [0.717, 1.165) is 29.2 Å². The van der Waals surface area contributed by atoms with Crippen molar-refractivity contribution in [3.8, 4) is 0 Å². The van der Waals surface area contributed by atoms with E-state index in [0.29, 0.717) is 12.8 Å². The predicted octanol–water partition coefficient (Wildman–Crippen LogP) is 3.98. The van der Waals surface area contributed by atoms with Crippen LogP contribution in [0, 0.1) is 0 Å². The van der Waals surface area contributed by atoms with Gasteiger partial charge in [-0.1, -0.05) is 18.2 Å². The lowest BCUT2D eigenvalue weighted by Crippen LogP contribution is -2.53. The van der Waals surface area contributed by atoms with Crippen molar-refractivity contribution in [1.82, 2.24) is 9.88 Å². The number of fused-ring (bicyclic) bond motifs is 3. The number of benzene rings is 1. The van der Waals surface area contributed by atoms with Crippen molar-refractivity contribution in [1.29, 1.82) is 0 Å². The van der Waals surface area contributed by atoms with Gasteiger partial charge in [0, 0.05) is 42.7 Å². The lowest BCUT2D eigenvalue weighted by atomic mass is 9.79. The SMILES string of the molecule is CC(C)(C)OC(=O)N1C2CCC1CC(O)(c1cccc3cnccc13)C2. The molecule has 2 bridgehead atoms. The van der Waals surface area contributed by atoms with Gasteiger partial charge in [0.05, 0.1) is 5.60 Å². The quantitative estimate of drug-likeness (QED) is 0.841. The summed E-state index contributed by atoms with van der Waals surface area (Å²) >= 11 is 0. The molecule has 2 unspecified atom stereocenters. The fourth-order valence-electron chi connectivity index (χ4n) is 4.59. The molecule has 1 amide bonds. The van der Waals surface area contributed by atoms with Crippen LogP contribution in [0.25, 0.3) is 10.8 Å². The summed E-state index contributed by atoms with van der Waals surface area (Å²) in [6, 6.07) is 7.99. The number of carbonyl (C=O) groups excluding carboxylic acids is 1. The van der Waals surface area contributed by atoms with Crippen LogP contribution >= 0.6 is 0 Å². The van der Waals surface area contributed by atoms with E-state index in [1.54, 1.807) is 6.20 Å². The molecule has 2 fully saturated rings. The number of pyridine rings is 1. The summed E-state index contributed by atoms with van der Waals surface area (Å²) in [6.07, 6.45) is 6.26. The first-order valence-corrected chi connectivity index (χ1v) is 9.34. The van der Waals surface area contributed by atoms with E-state index in [1.165, 1.54) is 0 Å². The molecule has 5 nitrogen and oxygen atoms in total. The number of carbonyl (C=O) groups is 1. The Bertz CT molecular complexity index is 823. The summed E-state index contributed by atoms with van der Waals surface area (Å²) in [5, 5.41) is 13.6. The summed E-state index contributed by atoms with van der Waals surface area (Å²) in [5.41, 5.74) is -0.490. The van der Waals surface area contributed by atoms with Crippen LogP contribution in [0.2, 0.25) is 0 Å². The topological polar surface area (TPSA) is 62.7 Å². The molecule has 0 aliphatic carbocycles. The van der Waals surface area contributed by atoms with Crippen LogP contribution in [-0.2, 0) is 10.3 Å². The van der Waals surface area contributed by atoms with E-state index in [4.69, 9.17) is 4.74 Å². The molecule has 5 heteroatoms. The van der Waals surface area contributed by atoms with Gasteiger partial charge in [0.1, 0.15) is 5.60 Å². The zero-order valence-corrected chi connectivity index (χ0v) is 15.6. The zero-order valence-electron chi connectivity index (χ0n) is 15.6. The van der Waals surface area contributed by atoms with E-state index in [9.17, 15) is 9.90 Å². The first-order valence-electron chi connectivity index (χ1n) is 9.34. The molecule has 2 saturated heterocycles. The van der Waals surface area contributed by atoms with Gasteiger partial charge in [0.2, 0.25) is 0 Å². The maximum absolute atomic E-state index is 12.6. The van der Waals surface area contributed by atoms with Gasteiger partial charge in [-0.15, -0.1) is 0 Å². The Balaban J connectivity index is 1.65. The smallest absolute Gasteiger partial charge is 0.410 e. The molecule has 1 aromatic carbocycles. The van der Waals surface area contributed by atoms with Crippen molar-refractivity contribution in [3.63, 3.8) is 0 Å². The zero-order chi connectivity index (χ0) is 18.5. The second-order valence-corrected chi connectivity index (χ2v) is 8.61. The molecule has 26 heavy (non-hydrogen) atoms. The van der Waals surface area contributed by atoms with Crippen LogP contribution in [0.3, 0.4) is 0 Å². The monoisotopic (exact) mass is 354 g/mol. The predicted molar refractivity (Wildman–Crippen MR) is 99.8 cm³/mol. The Morgan fingerprint density at radius 2 is 1.92 bits per heavy atom. The molecule has 2 atom stereocenters. The molecule has 0 radical (unpaired) electrons. The molecule has 3 heterocycles. The molecular weight excluding hydrogens is 328 g/mol. The molecule has 0 spiro atoms. The number of piperidine rings is 1. The fourth-order valence-corrected chi connectivity index (χ4v) is 4.59. The number of amides is 1. The lowest BCUT2D eigenvalue weighted by Gasteiger charge is -2.44. The number of hydrogen-bond acceptors (Lipinski definition) is 4. The van der Waals surface area contributed by atoms with Gasteiger partial charge in [-0.3, -0.25) is 4.98 Å². The second kappa shape index (κ2) is 5.95. The van der Waals surface area contributed by atoms with Gasteiger partial charge < -0.3 is 14.7 Å². The van der Waals surface area contributed by atoms with Crippen LogP contribution in [0.15, 0.2) is 36.7 Å². The minimum Gasteiger partial charge on any atom is -0.444 e. The van der Waals surface area contributed by atoms with Crippen LogP contribution in [0.4, 0.5) is 4.79 Å². The number of hydrogen-bond donors (Lipinski definition) is 1. The lowest BCUT2D eigenvalue weighted by molar-refractivity contribution is -0.0616. The van der Waals surface area contributed by atoms with Crippen molar-refractivity contribution in [2.75, 3.05) is 0 Å². The van der Waals surface area contributed by atoms with Crippen molar-refractivity contribution in [2.45, 2.75) is 69.7 Å². The Kier molecular flexibility index (Phi) is 3.95. The van der Waals surface area contributed by atoms with E-state index in [1.807, 2.05) is 56.1 Å². The summed E-state index contributed by atoms with van der Waals surface area (Å²) in [6.45, 7) is 5.66. The van der Waals surface area contributed by atoms with Crippen LogP contribution in [-0.4, -0.2) is 38.8 Å². The van der Waals surface area contributed by atoms with Gasteiger partial charge >= 0.3 is 6.09 Å². The average molecular weight is 354 g/mol. The molecule has 4 rings (SSSR count). The highest BCUT2D eigenvalue weighted by molar-refractivity contribution is 5.85. The molecule has 1 N–H and O–H groups in total. The van der Waals surface area contributed by atoms with Crippen molar-refractivity contribution in [3.05, 3.63) is 42.2 Å². The van der Waals surface area contributed by atoms with Crippen molar-refractivity contribution < 1.29 is 14.6 Å². The van der Waals surface area contributed by atoms with Crippen molar-refractivity contribution in [2.24, 2.45) is 0 Å². The standard InChI is InChI=1S/C21H26N2O3/c1-20(2,3)26-19(24)23-15-7-8-16(23)12-21(25,11-15)18-6-4-5-14-13-22-10-9-17(14)18/h4-6,9-10,13,15-16,25H,7-8,11-12H2,1-3H3. The minimum absolute atomic E-state index is 0.0192. The highest BCUT2D eigenvalue weighted by Gasteiger charge is 2.51. The van der Waals surface area contributed by atoms with Crippen LogP contribution in [0.5, 0.6) is 0 Å². The largest absolute Gasteiger partial charge is 0.444 e. The van der Waals surface area contributed by atoms with Gasteiger partial charge in [-0.05, 0) is 50.6 Å². The molecule has 2 aliphatic heterocycles.